The van der Waals surface area contributed by atoms with Crippen molar-refractivity contribution in [2.24, 2.45) is 0 Å². The van der Waals surface area contributed by atoms with E-state index >= 15 is 0 Å². The third-order valence-corrected chi connectivity index (χ3v) is 3.43. The molecule has 1 aromatic rings. The molecule has 0 spiro atoms. The normalized spacial score (nSPS) is 10.4. The van der Waals surface area contributed by atoms with Crippen LogP contribution in [-0.2, 0) is 0 Å². The van der Waals surface area contributed by atoms with Gasteiger partial charge in [0.15, 0.2) is 0 Å². The zero-order chi connectivity index (χ0) is 15.0. The van der Waals surface area contributed by atoms with Gasteiger partial charge in [-0.25, -0.2) is 0 Å². The smallest absolute Gasteiger partial charge is 0.423 e. The van der Waals surface area contributed by atoms with E-state index in [1.54, 1.807) is 0 Å². The first-order valence-electron chi connectivity index (χ1n) is 7.00. The predicted molar refractivity (Wildman–Crippen MR) is 82.4 cm³/mol. The third kappa shape index (κ3) is 5.53. The van der Waals surface area contributed by atoms with Crippen LogP contribution in [0, 0.1) is 0 Å². The first kappa shape index (κ1) is 17.0. The number of unbranched alkanes of at least 4 members (excludes halogenated alkanes) is 4. The van der Waals surface area contributed by atoms with Gasteiger partial charge in [-0.05, 0) is 18.6 Å². The minimum atomic E-state index is -1.63. The van der Waals surface area contributed by atoms with Crippen molar-refractivity contribution in [2.75, 3.05) is 6.54 Å². The van der Waals surface area contributed by atoms with Gasteiger partial charge >= 0.3 is 7.12 Å². The van der Waals surface area contributed by atoms with Crippen LogP contribution in [0.4, 0.5) is 0 Å². The second-order valence-electron chi connectivity index (χ2n) is 4.78. The van der Waals surface area contributed by atoms with E-state index in [9.17, 15) is 4.79 Å². The van der Waals surface area contributed by atoms with Crippen LogP contribution in [-0.4, -0.2) is 29.6 Å². The maximum absolute atomic E-state index is 11.9. The van der Waals surface area contributed by atoms with Crippen LogP contribution in [0.25, 0.3) is 0 Å². The molecule has 0 aromatic heterocycles. The average molecular weight is 298 g/mol. The lowest BCUT2D eigenvalue weighted by Gasteiger charge is -2.08. The van der Waals surface area contributed by atoms with Crippen molar-refractivity contribution in [3.8, 4) is 0 Å². The van der Waals surface area contributed by atoms with Crippen LogP contribution < -0.4 is 10.8 Å². The molecule has 0 aliphatic carbocycles. The molecule has 0 aliphatic rings. The molecule has 1 rings (SSSR count). The van der Waals surface area contributed by atoms with Crippen LogP contribution in [0.3, 0.4) is 0 Å². The van der Waals surface area contributed by atoms with Gasteiger partial charge in [-0.15, -0.1) is 0 Å². The highest BCUT2D eigenvalue weighted by Crippen LogP contribution is 2.09. The van der Waals surface area contributed by atoms with Crippen molar-refractivity contribution in [1.29, 1.82) is 0 Å². The monoisotopic (exact) mass is 297 g/mol. The zero-order valence-corrected chi connectivity index (χ0v) is 12.5. The first-order chi connectivity index (χ1) is 9.56. The summed E-state index contributed by atoms with van der Waals surface area (Å²) in [6.07, 6.45) is 5.71. The van der Waals surface area contributed by atoms with Crippen molar-refractivity contribution in [2.45, 2.75) is 39.0 Å². The predicted octanol–water partition coefficient (Wildman–Crippen LogP) is 1.72. The van der Waals surface area contributed by atoms with Crippen LogP contribution in [0.15, 0.2) is 18.2 Å². The number of rotatable bonds is 8. The molecule has 0 fully saturated rings. The summed E-state index contributed by atoms with van der Waals surface area (Å²) in [5.41, 5.74) is 0.621. The number of carbonyl (C=O) groups excluding carboxylic acids is 1. The van der Waals surface area contributed by atoms with Crippen molar-refractivity contribution in [3.05, 3.63) is 28.8 Å². The highest BCUT2D eigenvalue weighted by atomic mass is 35.5. The molecule has 1 aromatic carbocycles. The van der Waals surface area contributed by atoms with Crippen LogP contribution in [0.2, 0.25) is 5.02 Å². The number of carbonyl (C=O) groups is 1. The van der Waals surface area contributed by atoms with E-state index in [1.807, 2.05) is 0 Å². The molecule has 0 heterocycles. The molecule has 4 nitrogen and oxygen atoms in total. The Morgan fingerprint density at radius 3 is 2.55 bits per heavy atom. The van der Waals surface area contributed by atoms with Gasteiger partial charge in [0.25, 0.3) is 5.91 Å². The summed E-state index contributed by atoms with van der Waals surface area (Å²) in [5, 5.41) is 21.1. The number of nitrogens with one attached hydrogen (secondary N) is 1. The van der Waals surface area contributed by atoms with Gasteiger partial charge in [0, 0.05) is 22.6 Å². The second-order valence-corrected chi connectivity index (χ2v) is 5.19. The molecule has 20 heavy (non-hydrogen) atoms. The van der Waals surface area contributed by atoms with Crippen LogP contribution in [0.5, 0.6) is 0 Å². The molecule has 0 aliphatic heterocycles. The maximum atomic E-state index is 11.9. The Bertz CT molecular complexity index is 440. The number of halogens is 1. The molecule has 0 atom stereocenters. The SMILES string of the molecule is CCCCCCCNC(=O)c1ccc(B(O)O)c(Cl)c1. The van der Waals surface area contributed by atoms with Crippen molar-refractivity contribution in [1.82, 2.24) is 5.32 Å². The Balaban J connectivity index is 2.42. The molecule has 110 valence electrons. The number of benzene rings is 1. The lowest BCUT2D eigenvalue weighted by Crippen LogP contribution is -2.31. The molecule has 0 radical (unpaired) electrons. The van der Waals surface area contributed by atoms with Gasteiger partial charge in [-0.2, -0.15) is 0 Å². The molecule has 1 amide bonds. The summed E-state index contributed by atoms with van der Waals surface area (Å²) in [6, 6.07) is 4.43. The molecule has 3 N–H and O–H groups in total. The van der Waals surface area contributed by atoms with Gasteiger partial charge in [0.2, 0.25) is 0 Å². The number of amides is 1. The van der Waals surface area contributed by atoms with E-state index in [-0.39, 0.29) is 16.4 Å². The Kier molecular flexibility index (Phi) is 7.66. The summed E-state index contributed by atoms with van der Waals surface area (Å²) in [4.78, 5) is 11.9. The van der Waals surface area contributed by atoms with Crippen LogP contribution >= 0.6 is 11.6 Å². The minimum absolute atomic E-state index is 0.176. The summed E-state index contributed by atoms with van der Waals surface area (Å²) in [6.45, 7) is 2.81. The van der Waals surface area contributed by atoms with E-state index in [1.165, 1.54) is 37.5 Å². The molecule has 0 saturated carbocycles. The van der Waals surface area contributed by atoms with Gasteiger partial charge in [0.05, 0.1) is 0 Å². The van der Waals surface area contributed by atoms with Gasteiger partial charge < -0.3 is 15.4 Å². The molecular weight excluding hydrogens is 276 g/mol. The van der Waals surface area contributed by atoms with Crippen molar-refractivity contribution in [3.63, 3.8) is 0 Å². The first-order valence-corrected chi connectivity index (χ1v) is 7.37. The molecule has 0 saturated heterocycles. The number of hydrogen-bond acceptors (Lipinski definition) is 3. The standard InChI is InChI=1S/C14H21BClNO3/c1-2-3-4-5-6-9-17-14(18)11-7-8-12(15(19)20)13(16)10-11/h7-8,10,19-20H,2-6,9H2,1H3,(H,17,18). The van der Waals surface area contributed by atoms with E-state index in [2.05, 4.69) is 12.2 Å². The number of hydrogen-bond donors (Lipinski definition) is 3. The molecule has 0 unspecified atom stereocenters. The summed E-state index contributed by atoms with van der Waals surface area (Å²) < 4.78 is 0. The zero-order valence-electron chi connectivity index (χ0n) is 11.7. The average Bonchev–Trinajstić information content (AvgIpc) is 2.41. The third-order valence-electron chi connectivity index (χ3n) is 3.11. The Hall–Kier alpha value is -1.04. The van der Waals surface area contributed by atoms with Crippen molar-refractivity contribution < 1.29 is 14.8 Å². The lowest BCUT2D eigenvalue weighted by atomic mass is 9.80. The summed E-state index contributed by atoms with van der Waals surface area (Å²) in [5.74, 6) is -0.193. The van der Waals surface area contributed by atoms with E-state index in [0.717, 1.165) is 12.8 Å². The van der Waals surface area contributed by atoms with Gasteiger partial charge in [0.1, 0.15) is 0 Å². The molecular formula is C14H21BClNO3. The van der Waals surface area contributed by atoms with E-state index in [4.69, 9.17) is 21.6 Å². The Morgan fingerprint density at radius 1 is 1.25 bits per heavy atom. The van der Waals surface area contributed by atoms with Gasteiger partial charge in [-0.3, -0.25) is 4.79 Å². The largest absolute Gasteiger partial charge is 0.489 e. The molecule has 0 bridgehead atoms. The highest BCUT2D eigenvalue weighted by Gasteiger charge is 2.16. The van der Waals surface area contributed by atoms with E-state index in [0.29, 0.717) is 12.1 Å². The second kappa shape index (κ2) is 9.00. The summed E-state index contributed by atoms with van der Waals surface area (Å²) >= 11 is 5.89. The fraction of sp³-hybridized carbons (Fsp3) is 0.500. The van der Waals surface area contributed by atoms with Crippen molar-refractivity contribution >= 4 is 30.1 Å². The van der Waals surface area contributed by atoms with E-state index < -0.39 is 7.12 Å². The van der Waals surface area contributed by atoms with Gasteiger partial charge in [-0.1, -0.05) is 50.3 Å². The fourth-order valence-electron chi connectivity index (χ4n) is 1.91. The Morgan fingerprint density at radius 2 is 1.95 bits per heavy atom. The summed E-state index contributed by atoms with van der Waals surface area (Å²) in [7, 11) is -1.63. The highest BCUT2D eigenvalue weighted by molar-refractivity contribution is 6.62. The fourth-order valence-corrected chi connectivity index (χ4v) is 2.19. The lowest BCUT2D eigenvalue weighted by molar-refractivity contribution is 0.0953. The topological polar surface area (TPSA) is 69.6 Å². The quantitative estimate of drug-likeness (QED) is 0.505. The van der Waals surface area contributed by atoms with Crippen LogP contribution in [0.1, 0.15) is 49.4 Å². The minimum Gasteiger partial charge on any atom is -0.423 e. The molecule has 6 heteroatoms. The Labute approximate surface area is 125 Å². The maximum Gasteiger partial charge on any atom is 0.489 e.